The topological polar surface area (TPSA) is 80.5 Å². The van der Waals surface area contributed by atoms with E-state index in [4.69, 9.17) is 38.0 Å². The zero-order valence-corrected chi connectivity index (χ0v) is 18.0. The average molecular weight is 449 g/mol. The van der Waals surface area contributed by atoms with Crippen LogP contribution in [0.1, 0.15) is 26.2 Å². The summed E-state index contributed by atoms with van der Waals surface area (Å²) in [6.45, 7) is 3.00. The lowest BCUT2D eigenvalue weighted by Gasteiger charge is -2.31. The third kappa shape index (κ3) is 4.10. The number of rotatable bonds is 7. The van der Waals surface area contributed by atoms with Crippen molar-refractivity contribution in [2.75, 3.05) is 18.1 Å². The Bertz CT molecular complexity index is 1060. The lowest BCUT2D eigenvalue weighted by molar-refractivity contribution is -0.138. The van der Waals surface area contributed by atoms with Gasteiger partial charge in [0.05, 0.1) is 52.8 Å². The van der Waals surface area contributed by atoms with Gasteiger partial charge in [-0.3, -0.25) is 4.79 Å². The van der Waals surface area contributed by atoms with Crippen LogP contribution in [0.3, 0.4) is 0 Å². The molecule has 2 atom stereocenters. The minimum absolute atomic E-state index is 0.00975. The van der Waals surface area contributed by atoms with Gasteiger partial charge in [0.15, 0.2) is 0 Å². The lowest BCUT2D eigenvalue weighted by Crippen LogP contribution is -2.39. The minimum atomic E-state index is -0.863. The maximum Gasteiger partial charge on any atom is 0.305 e. The highest BCUT2D eigenvalue weighted by Gasteiger charge is 2.31. The van der Waals surface area contributed by atoms with Gasteiger partial charge in [-0.1, -0.05) is 23.2 Å². The molecule has 30 heavy (non-hydrogen) atoms. The number of ether oxygens (including phenoxy) is 1. The molecule has 2 aromatic heterocycles. The fourth-order valence-corrected chi connectivity index (χ4v) is 4.33. The van der Waals surface area contributed by atoms with Gasteiger partial charge in [-0.15, -0.1) is 0 Å². The second-order valence-electron chi connectivity index (χ2n) is 7.35. The Labute approximate surface area is 184 Å². The SMILES string of the molecule is C[C@H](OCCC(=O)O)[C@@H]1CCCN1c1cc(-n2ccnc2)c2ccc(Cl)c(Cl)c2n1. The number of benzene rings is 1. The Hall–Kier alpha value is -2.35. The molecule has 1 fully saturated rings. The Morgan fingerprint density at radius 2 is 2.23 bits per heavy atom. The number of hydrogen-bond donors (Lipinski definition) is 1. The summed E-state index contributed by atoms with van der Waals surface area (Å²) in [5, 5.41) is 10.6. The van der Waals surface area contributed by atoms with E-state index in [1.807, 2.05) is 29.8 Å². The number of carboxylic acids is 1. The molecule has 1 aromatic carbocycles. The zero-order valence-electron chi connectivity index (χ0n) is 16.5. The van der Waals surface area contributed by atoms with E-state index < -0.39 is 5.97 Å². The summed E-state index contributed by atoms with van der Waals surface area (Å²) in [5.74, 6) is -0.0790. The Morgan fingerprint density at radius 1 is 1.40 bits per heavy atom. The number of hydrogen-bond acceptors (Lipinski definition) is 5. The molecule has 1 N–H and O–H groups in total. The molecule has 1 saturated heterocycles. The molecule has 0 bridgehead atoms. The van der Waals surface area contributed by atoms with Gasteiger partial charge in [0.25, 0.3) is 0 Å². The number of aliphatic carboxylic acids is 1. The zero-order chi connectivity index (χ0) is 21.3. The number of pyridine rings is 1. The van der Waals surface area contributed by atoms with Crippen molar-refractivity contribution < 1.29 is 14.6 Å². The number of halogens is 2. The second-order valence-corrected chi connectivity index (χ2v) is 8.13. The Morgan fingerprint density at radius 3 is 2.97 bits per heavy atom. The summed E-state index contributed by atoms with van der Waals surface area (Å²) in [5.41, 5.74) is 1.55. The maximum absolute atomic E-state index is 10.8. The van der Waals surface area contributed by atoms with Gasteiger partial charge in [-0.25, -0.2) is 9.97 Å². The van der Waals surface area contributed by atoms with Crippen molar-refractivity contribution >= 4 is 45.9 Å². The molecule has 158 valence electrons. The van der Waals surface area contributed by atoms with Crippen LogP contribution in [0.15, 0.2) is 36.9 Å². The van der Waals surface area contributed by atoms with Crippen LogP contribution in [0, 0.1) is 0 Å². The molecule has 0 spiro atoms. The molecule has 3 aromatic rings. The number of imidazole rings is 1. The van der Waals surface area contributed by atoms with Crippen molar-refractivity contribution in [1.82, 2.24) is 14.5 Å². The largest absolute Gasteiger partial charge is 0.481 e. The number of carbonyl (C=O) groups is 1. The highest BCUT2D eigenvalue weighted by Crippen LogP contribution is 2.36. The number of nitrogens with zero attached hydrogens (tertiary/aromatic N) is 4. The van der Waals surface area contributed by atoms with Crippen LogP contribution in [0.4, 0.5) is 5.82 Å². The molecule has 0 unspecified atom stereocenters. The van der Waals surface area contributed by atoms with E-state index in [1.54, 1.807) is 18.6 Å². The molecule has 3 heterocycles. The predicted octanol–water partition coefficient (Wildman–Crippen LogP) is 4.58. The average Bonchev–Trinajstić information content (AvgIpc) is 3.42. The van der Waals surface area contributed by atoms with Gasteiger partial charge >= 0.3 is 5.97 Å². The first-order chi connectivity index (χ1) is 14.5. The number of fused-ring (bicyclic) bond motifs is 1. The highest BCUT2D eigenvalue weighted by atomic mass is 35.5. The van der Waals surface area contributed by atoms with Crippen LogP contribution >= 0.6 is 23.2 Å². The van der Waals surface area contributed by atoms with Crippen LogP contribution in [0.2, 0.25) is 10.0 Å². The molecule has 0 amide bonds. The molecule has 7 nitrogen and oxygen atoms in total. The summed E-state index contributed by atoms with van der Waals surface area (Å²) < 4.78 is 7.73. The van der Waals surface area contributed by atoms with E-state index in [-0.39, 0.29) is 25.2 Å². The van der Waals surface area contributed by atoms with E-state index in [2.05, 4.69) is 9.88 Å². The third-order valence-electron chi connectivity index (χ3n) is 5.45. The molecule has 0 aliphatic carbocycles. The van der Waals surface area contributed by atoms with E-state index in [1.165, 1.54) is 0 Å². The van der Waals surface area contributed by atoms with Crippen molar-refractivity contribution in [3.05, 3.63) is 47.0 Å². The third-order valence-corrected chi connectivity index (χ3v) is 6.25. The van der Waals surface area contributed by atoms with E-state index in [0.29, 0.717) is 15.6 Å². The first-order valence-corrected chi connectivity index (χ1v) is 10.6. The Balaban J connectivity index is 1.73. The molecular formula is C21H22Cl2N4O3. The van der Waals surface area contributed by atoms with Gasteiger partial charge in [0.2, 0.25) is 0 Å². The maximum atomic E-state index is 10.8. The summed E-state index contributed by atoms with van der Waals surface area (Å²) in [6.07, 6.45) is 7.14. The smallest absolute Gasteiger partial charge is 0.305 e. The summed E-state index contributed by atoms with van der Waals surface area (Å²) in [7, 11) is 0. The first kappa shape index (κ1) is 20.9. The Kier molecular flexibility index (Phi) is 6.13. The second kappa shape index (κ2) is 8.79. The molecule has 0 saturated carbocycles. The molecule has 0 radical (unpaired) electrons. The van der Waals surface area contributed by atoms with Crippen molar-refractivity contribution in [2.24, 2.45) is 0 Å². The monoisotopic (exact) mass is 448 g/mol. The molecule has 1 aliphatic heterocycles. The van der Waals surface area contributed by atoms with Crippen LogP contribution < -0.4 is 4.90 Å². The standard InChI is InChI=1S/C21H22Cl2N4O3/c1-13(30-10-6-19(28)29)16-3-2-8-27(16)18-11-17(26-9-7-24-12-26)14-4-5-15(22)20(23)21(14)25-18/h4-5,7,9,11-13,16H,2-3,6,8,10H2,1H3,(H,28,29)/t13-,16-/m0/s1. The van der Waals surface area contributed by atoms with Gasteiger partial charge in [0.1, 0.15) is 5.82 Å². The molecule has 1 aliphatic rings. The number of anilines is 1. The van der Waals surface area contributed by atoms with Crippen molar-refractivity contribution in [3.8, 4) is 5.69 Å². The summed E-state index contributed by atoms with van der Waals surface area (Å²) in [4.78, 5) is 22.0. The number of carboxylic acid groups (broad SMARTS) is 1. The van der Waals surface area contributed by atoms with Crippen LogP contribution in [0.5, 0.6) is 0 Å². The summed E-state index contributed by atoms with van der Waals surface area (Å²) >= 11 is 12.8. The van der Waals surface area contributed by atoms with Gasteiger partial charge < -0.3 is 19.3 Å². The van der Waals surface area contributed by atoms with Crippen molar-refractivity contribution in [2.45, 2.75) is 38.3 Å². The van der Waals surface area contributed by atoms with Gasteiger partial charge in [0, 0.05) is 30.4 Å². The van der Waals surface area contributed by atoms with Crippen LogP contribution in [-0.4, -0.2) is 50.9 Å². The summed E-state index contributed by atoms with van der Waals surface area (Å²) in [6, 6.07) is 5.80. The van der Waals surface area contributed by atoms with E-state index in [9.17, 15) is 4.79 Å². The fraction of sp³-hybridized carbons (Fsp3) is 0.381. The van der Waals surface area contributed by atoms with Gasteiger partial charge in [-0.2, -0.15) is 0 Å². The molecule has 9 heteroatoms. The highest BCUT2D eigenvalue weighted by molar-refractivity contribution is 6.45. The van der Waals surface area contributed by atoms with Crippen molar-refractivity contribution in [1.29, 1.82) is 0 Å². The quantitative estimate of drug-likeness (QED) is 0.569. The van der Waals surface area contributed by atoms with Gasteiger partial charge in [-0.05, 0) is 31.9 Å². The fourth-order valence-electron chi connectivity index (χ4n) is 3.97. The molecule has 4 rings (SSSR count). The predicted molar refractivity (Wildman–Crippen MR) is 117 cm³/mol. The van der Waals surface area contributed by atoms with E-state index in [0.717, 1.165) is 36.3 Å². The van der Waals surface area contributed by atoms with Crippen LogP contribution in [0.25, 0.3) is 16.6 Å². The first-order valence-electron chi connectivity index (χ1n) is 9.83. The van der Waals surface area contributed by atoms with Crippen LogP contribution in [-0.2, 0) is 9.53 Å². The number of aromatic nitrogens is 3. The molecular weight excluding hydrogens is 427 g/mol. The van der Waals surface area contributed by atoms with E-state index >= 15 is 0 Å². The van der Waals surface area contributed by atoms with Crippen molar-refractivity contribution in [3.63, 3.8) is 0 Å². The lowest BCUT2D eigenvalue weighted by atomic mass is 10.1. The normalized spacial score (nSPS) is 17.6. The minimum Gasteiger partial charge on any atom is -0.481 e.